The average Bonchev–Trinajstić information content (AvgIpc) is 2.35. The van der Waals surface area contributed by atoms with Gasteiger partial charge in [0.25, 0.3) is 0 Å². The van der Waals surface area contributed by atoms with Crippen molar-refractivity contribution in [2.45, 2.75) is 16.9 Å². The van der Waals surface area contributed by atoms with Gasteiger partial charge in [0, 0.05) is 5.88 Å². The second-order valence-electron chi connectivity index (χ2n) is 3.22. The van der Waals surface area contributed by atoms with Gasteiger partial charge in [0.2, 0.25) is 0 Å². The Hall–Kier alpha value is 0.780. The lowest BCUT2D eigenvalue weighted by molar-refractivity contribution is 0.0757. The van der Waals surface area contributed by atoms with E-state index in [1.807, 2.05) is 0 Å². The van der Waals surface area contributed by atoms with Gasteiger partial charge in [-0.05, 0) is 0 Å². The number of sulfone groups is 1. The highest BCUT2D eigenvalue weighted by atomic mass is 35.5. The third-order valence-corrected chi connectivity index (χ3v) is 5.03. The van der Waals surface area contributed by atoms with Gasteiger partial charge in [0.05, 0.1) is 35.0 Å². The highest BCUT2D eigenvalue weighted by molar-refractivity contribution is 7.91. The number of rotatable bonds is 4. The Kier molecular flexibility index (Phi) is 4.78. The lowest BCUT2D eigenvalue weighted by atomic mass is 10.3. The fourth-order valence-electron chi connectivity index (χ4n) is 1.20. The highest BCUT2D eigenvalue weighted by Crippen LogP contribution is 2.21. The average molecular weight is 282 g/mol. The first-order valence-corrected chi connectivity index (χ1v) is 7.33. The van der Waals surface area contributed by atoms with Crippen molar-refractivity contribution >= 4 is 44.6 Å². The number of hydrogen-bond donors (Lipinski definition) is 0. The van der Waals surface area contributed by atoms with Crippen LogP contribution in [-0.2, 0) is 14.6 Å². The van der Waals surface area contributed by atoms with Crippen molar-refractivity contribution in [3.05, 3.63) is 0 Å². The van der Waals surface area contributed by atoms with Crippen LogP contribution < -0.4 is 0 Å². The fourth-order valence-corrected chi connectivity index (χ4v) is 3.87. The van der Waals surface area contributed by atoms with Crippen molar-refractivity contribution in [1.82, 2.24) is 0 Å². The van der Waals surface area contributed by atoms with Gasteiger partial charge in [-0.1, -0.05) is 0 Å². The lowest BCUT2D eigenvalue weighted by Gasteiger charge is -2.14. The maximum atomic E-state index is 11.1. The van der Waals surface area contributed by atoms with Gasteiger partial charge < -0.3 is 4.74 Å². The first-order valence-electron chi connectivity index (χ1n) is 4.11. The third kappa shape index (κ3) is 3.74. The SMILES string of the molecule is O=S1(=O)C[C@@H](Cl)[C@@H](OC[C@@H](Cl)CCl)C1. The zero-order chi connectivity index (χ0) is 10.8. The van der Waals surface area contributed by atoms with Crippen LogP contribution in [0.5, 0.6) is 0 Å². The number of hydrogen-bond acceptors (Lipinski definition) is 3. The molecule has 0 unspecified atom stereocenters. The number of ether oxygens (including phenoxy) is 1. The largest absolute Gasteiger partial charge is 0.374 e. The molecule has 0 amide bonds. The molecule has 0 spiro atoms. The predicted molar refractivity (Wildman–Crippen MR) is 58.4 cm³/mol. The minimum absolute atomic E-state index is 0.0208. The Bertz CT molecular complexity index is 280. The molecule has 3 atom stereocenters. The van der Waals surface area contributed by atoms with Crippen LogP contribution in [-0.4, -0.2) is 49.3 Å². The Balaban J connectivity index is 2.40. The molecule has 1 saturated heterocycles. The normalized spacial score (nSPS) is 33.1. The second-order valence-corrected chi connectivity index (χ2v) is 6.86. The van der Waals surface area contributed by atoms with E-state index >= 15 is 0 Å². The third-order valence-electron chi connectivity index (χ3n) is 1.89. The van der Waals surface area contributed by atoms with E-state index in [0.29, 0.717) is 0 Å². The maximum Gasteiger partial charge on any atom is 0.154 e. The van der Waals surface area contributed by atoms with Gasteiger partial charge in [-0.15, -0.1) is 34.8 Å². The van der Waals surface area contributed by atoms with E-state index in [-0.39, 0.29) is 29.4 Å². The van der Waals surface area contributed by atoms with E-state index in [2.05, 4.69) is 0 Å². The molecule has 14 heavy (non-hydrogen) atoms. The highest BCUT2D eigenvalue weighted by Gasteiger charge is 2.37. The van der Waals surface area contributed by atoms with Crippen molar-refractivity contribution in [1.29, 1.82) is 0 Å². The van der Waals surface area contributed by atoms with Crippen molar-refractivity contribution < 1.29 is 13.2 Å². The van der Waals surface area contributed by atoms with Crippen LogP contribution in [0.2, 0.25) is 0 Å². The lowest BCUT2D eigenvalue weighted by Crippen LogP contribution is -2.26. The first-order chi connectivity index (χ1) is 6.44. The number of halogens is 3. The van der Waals surface area contributed by atoms with E-state index in [1.54, 1.807) is 0 Å². The van der Waals surface area contributed by atoms with Gasteiger partial charge in [0.15, 0.2) is 9.84 Å². The van der Waals surface area contributed by atoms with Crippen LogP contribution in [0, 0.1) is 0 Å². The minimum atomic E-state index is -3.03. The maximum absolute atomic E-state index is 11.1. The van der Waals surface area contributed by atoms with Crippen molar-refractivity contribution in [3.63, 3.8) is 0 Å². The van der Waals surface area contributed by atoms with Crippen LogP contribution >= 0.6 is 34.8 Å². The second kappa shape index (κ2) is 5.21. The summed E-state index contributed by atoms with van der Waals surface area (Å²) in [5.41, 5.74) is 0. The monoisotopic (exact) mass is 280 g/mol. The smallest absolute Gasteiger partial charge is 0.154 e. The van der Waals surface area contributed by atoms with Crippen LogP contribution in [0.3, 0.4) is 0 Å². The minimum Gasteiger partial charge on any atom is -0.374 e. The molecule has 0 bridgehead atoms. The molecule has 1 aliphatic heterocycles. The summed E-state index contributed by atoms with van der Waals surface area (Å²) in [6.45, 7) is 0.231. The molecule has 0 saturated carbocycles. The molecule has 1 rings (SSSR count). The molecule has 1 aliphatic rings. The molecule has 0 aromatic heterocycles. The van der Waals surface area contributed by atoms with E-state index in [0.717, 1.165) is 0 Å². The van der Waals surface area contributed by atoms with Crippen LogP contribution in [0.25, 0.3) is 0 Å². The summed E-state index contributed by atoms with van der Waals surface area (Å²) in [5.74, 6) is 0.230. The molecular formula is C7H11Cl3O3S. The molecular weight excluding hydrogens is 270 g/mol. The molecule has 7 heteroatoms. The summed E-state index contributed by atoms with van der Waals surface area (Å²) in [5, 5.41) is -0.775. The standard InChI is InChI=1S/C7H11Cl3O3S/c8-1-5(9)2-13-7-4-14(11,12)3-6(7)10/h5-7H,1-4H2/t5-,6+,7-/m0/s1. The molecule has 1 fully saturated rings. The zero-order valence-electron chi connectivity index (χ0n) is 7.33. The summed E-state index contributed by atoms with van der Waals surface area (Å²) in [4.78, 5) is 0. The van der Waals surface area contributed by atoms with Crippen LogP contribution in [0.1, 0.15) is 0 Å². The molecule has 0 aromatic rings. The molecule has 1 heterocycles. The van der Waals surface area contributed by atoms with Gasteiger partial charge in [-0.2, -0.15) is 0 Å². The Morgan fingerprint density at radius 1 is 1.43 bits per heavy atom. The first kappa shape index (κ1) is 12.8. The van der Waals surface area contributed by atoms with Crippen LogP contribution in [0.4, 0.5) is 0 Å². The topological polar surface area (TPSA) is 43.4 Å². The van der Waals surface area contributed by atoms with Gasteiger partial charge in [0.1, 0.15) is 0 Å². The molecule has 3 nitrogen and oxygen atoms in total. The number of alkyl halides is 3. The zero-order valence-corrected chi connectivity index (χ0v) is 10.4. The molecule has 0 aliphatic carbocycles. The van der Waals surface area contributed by atoms with Crippen molar-refractivity contribution in [2.24, 2.45) is 0 Å². The van der Waals surface area contributed by atoms with Crippen molar-refractivity contribution in [2.75, 3.05) is 24.0 Å². The fraction of sp³-hybridized carbons (Fsp3) is 1.00. The van der Waals surface area contributed by atoms with E-state index in [9.17, 15) is 8.42 Å². The quantitative estimate of drug-likeness (QED) is 0.729. The van der Waals surface area contributed by atoms with E-state index < -0.39 is 21.3 Å². The Labute approximate surface area is 98.6 Å². The van der Waals surface area contributed by atoms with Gasteiger partial charge in [-0.25, -0.2) is 8.42 Å². The Morgan fingerprint density at radius 2 is 2.07 bits per heavy atom. The summed E-state index contributed by atoms with van der Waals surface area (Å²) in [7, 11) is -3.03. The molecule has 0 radical (unpaired) electrons. The molecule has 84 valence electrons. The summed E-state index contributed by atoms with van der Waals surface area (Å²) < 4.78 is 27.6. The van der Waals surface area contributed by atoms with Crippen LogP contribution in [0.15, 0.2) is 0 Å². The summed E-state index contributed by atoms with van der Waals surface area (Å²) in [6, 6.07) is 0. The van der Waals surface area contributed by atoms with Crippen molar-refractivity contribution in [3.8, 4) is 0 Å². The summed E-state index contributed by atoms with van der Waals surface area (Å²) in [6.07, 6.45) is -0.453. The van der Waals surface area contributed by atoms with E-state index in [4.69, 9.17) is 39.5 Å². The van der Waals surface area contributed by atoms with E-state index in [1.165, 1.54) is 0 Å². The Morgan fingerprint density at radius 3 is 2.50 bits per heavy atom. The predicted octanol–water partition coefficient (Wildman–Crippen LogP) is 1.25. The molecule has 0 N–H and O–H groups in total. The van der Waals surface area contributed by atoms with Gasteiger partial charge in [-0.3, -0.25) is 0 Å². The molecule has 0 aromatic carbocycles. The summed E-state index contributed by atoms with van der Waals surface area (Å²) >= 11 is 17.0. The van der Waals surface area contributed by atoms with Gasteiger partial charge >= 0.3 is 0 Å².